The lowest BCUT2D eigenvalue weighted by molar-refractivity contribution is 0.0371. The van der Waals surface area contributed by atoms with Crippen molar-refractivity contribution in [3.63, 3.8) is 0 Å². The van der Waals surface area contributed by atoms with Crippen LogP contribution in [0.1, 0.15) is 15.9 Å². The largest absolute Gasteiger partial charge is 0.496 e. The Hall–Kier alpha value is -3.49. The van der Waals surface area contributed by atoms with Gasteiger partial charge in [0, 0.05) is 24.8 Å². The quantitative estimate of drug-likeness (QED) is 0.545. The number of ether oxygens (including phenoxy) is 3. The number of morpholine rings is 1. The minimum Gasteiger partial charge on any atom is -0.496 e. The molecule has 0 N–H and O–H groups in total. The summed E-state index contributed by atoms with van der Waals surface area (Å²) in [7, 11) is 2.87. The molecule has 32 heavy (non-hydrogen) atoms. The maximum atomic E-state index is 12.0. The van der Waals surface area contributed by atoms with Gasteiger partial charge in [0.2, 0.25) is 5.95 Å². The predicted molar refractivity (Wildman–Crippen MR) is 121 cm³/mol. The second kappa shape index (κ2) is 9.76. The summed E-state index contributed by atoms with van der Waals surface area (Å²) in [6.07, 6.45) is 1.81. The van der Waals surface area contributed by atoms with Crippen molar-refractivity contribution in [1.29, 1.82) is 0 Å². The van der Waals surface area contributed by atoms with E-state index in [2.05, 4.69) is 9.99 Å². The van der Waals surface area contributed by atoms with Gasteiger partial charge in [0.15, 0.2) is 0 Å². The van der Waals surface area contributed by atoms with Gasteiger partial charge < -0.3 is 14.2 Å². The van der Waals surface area contributed by atoms with Crippen molar-refractivity contribution in [2.45, 2.75) is 6.92 Å². The topological polar surface area (TPSA) is 77.0 Å². The third-order valence-corrected chi connectivity index (χ3v) is 5.30. The number of aromatic nitrogens is 2. The van der Waals surface area contributed by atoms with Crippen LogP contribution in [-0.4, -0.2) is 61.5 Å². The average Bonchev–Trinajstić information content (AvgIpc) is 2.85. The molecule has 3 aromatic rings. The highest BCUT2D eigenvalue weighted by Gasteiger charge is 2.24. The number of esters is 1. The molecule has 1 saturated heterocycles. The molecule has 2 heterocycles. The van der Waals surface area contributed by atoms with Crippen molar-refractivity contribution in [2.75, 3.05) is 45.5 Å². The van der Waals surface area contributed by atoms with E-state index < -0.39 is 5.97 Å². The van der Waals surface area contributed by atoms with Crippen LogP contribution in [0.25, 0.3) is 11.3 Å². The summed E-state index contributed by atoms with van der Waals surface area (Å²) in [5.74, 6) is 0.549. The van der Waals surface area contributed by atoms with E-state index in [1.54, 1.807) is 12.1 Å². The molecule has 0 spiro atoms. The lowest BCUT2D eigenvalue weighted by atomic mass is 10.0. The first-order valence-corrected chi connectivity index (χ1v) is 10.4. The van der Waals surface area contributed by atoms with Gasteiger partial charge in [-0.15, -0.1) is 0 Å². The lowest BCUT2D eigenvalue weighted by Gasteiger charge is -2.37. The zero-order chi connectivity index (χ0) is 22.5. The van der Waals surface area contributed by atoms with Crippen molar-refractivity contribution in [3.8, 4) is 17.0 Å². The Morgan fingerprint density at radius 1 is 1.09 bits per heavy atom. The van der Waals surface area contributed by atoms with E-state index >= 15 is 0 Å². The van der Waals surface area contributed by atoms with Gasteiger partial charge >= 0.3 is 5.97 Å². The average molecular weight is 434 g/mol. The Morgan fingerprint density at radius 2 is 1.84 bits per heavy atom. The number of methoxy groups -OCH3 is 2. The lowest BCUT2D eigenvalue weighted by Crippen LogP contribution is -2.47. The van der Waals surface area contributed by atoms with Crippen LogP contribution in [0, 0.1) is 6.92 Å². The number of benzene rings is 2. The van der Waals surface area contributed by atoms with E-state index in [-0.39, 0.29) is 0 Å². The fraction of sp³-hybridized carbons (Fsp3) is 0.292. The zero-order valence-electron chi connectivity index (χ0n) is 18.4. The molecule has 0 unspecified atom stereocenters. The van der Waals surface area contributed by atoms with Crippen molar-refractivity contribution >= 4 is 17.6 Å². The van der Waals surface area contributed by atoms with Gasteiger partial charge in [-0.25, -0.2) is 24.8 Å². The third kappa shape index (κ3) is 4.42. The summed E-state index contributed by atoms with van der Waals surface area (Å²) in [4.78, 5) is 21.6. The smallest absolute Gasteiger partial charge is 0.341 e. The molecule has 1 aliphatic rings. The summed E-state index contributed by atoms with van der Waals surface area (Å²) in [6.45, 7) is 4.73. The second-order valence-electron chi connectivity index (χ2n) is 7.32. The Morgan fingerprint density at radius 3 is 2.53 bits per heavy atom. The molecule has 0 aliphatic carbocycles. The highest BCUT2D eigenvalue weighted by atomic mass is 16.5. The molecule has 0 saturated carbocycles. The maximum absolute atomic E-state index is 12.0. The van der Waals surface area contributed by atoms with Crippen molar-refractivity contribution in [2.24, 2.45) is 0 Å². The van der Waals surface area contributed by atoms with Crippen LogP contribution in [0.15, 0.2) is 54.7 Å². The van der Waals surface area contributed by atoms with Gasteiger partial charge in [-0.1, -0.05) is 24.3 Å². The van der Waals surface area contributed by atoms with E-state index in [1.165, 1.54) is 14.2 Å². The molecule has 1 aromatic heterocycles. The van der Waals surface area contributed by atoms with Crippen molar-refractivity contribution < 1.29 is 19.0 Å². The molecule has 1 aliphatic heterocycles. The first kappa shape index (κ1) is 21.7. The Labute approximate surface area is 187 Å². The zero-order valence-corrected chi connectivity index (χ0v) is 18.4. The summed E-state index contributed by atoms with van der Waals surface area (Å²) in [6, 6.07) is 15.4. The molecule has 8 heteroatoms. The Balaban J connectivity index is 1.78. The molecule has 4 rings (SSSR count). The molecule has 1 fully saturated rings. The summed E-state index contributed by atoms with van der Waals surface area (Å²) >= 11 is 0. The number of aryl methyl sites for hydroxylation is 1. The molecule has 8 nitrogen and oxygen atoms in total. The molecule has 0 radical (unpaired) electrons. The second-order valence-corrected chi connectivity index (χ2v) is 7.32. The predicted octanol–water partition coefficient (Wildman–Crippen LogP) is 3.63. The van der Waals surface area contributed by atoms with Gasteiger partial charge in [0.05, 0.1) is 38.8 Å². The maximum Gasteiger partial charge on any atom is 0.341 e. The van der Waals surface area contributed by atoms with Crippen molar-refractivity contribution in [1.82, 2.24) is 15.0 Å². The summed E-state index contributed by atoms with van der Waals surface area (Å²) in [5, 5.41) is 4.22. The number of carbonyl (C=O) groups excluding carboxylic acids is 1. The standard InChI is InChI=1S/C24H26N4O4/c1-17-16-25-24(28(19-7-5-4-6-8-19)27-11-13-32-14-12-27)26-22(17)18-9-10-20(23(29)31-3)21(15-18)30-2/h4-10,15-16H,11-14H2,1-3H3. The summed E-state index contributed by atoms with van der Waals surface area (Å²) in [5.41, 5.74) is 3.84. The number of hydrazine groups is 1. The molecule has 0 bridgehead atoms. The molecule has 166 valence electrons. The van der Waals surface area contributed by atoms with E-state index in [9.17, 15) is 4.79 Å². The highest BCUT2D eigenvalue weighted by Crippen LogP contribution is 2.31. The normalized spacial score (nSPS) is 14.1. The van der Waals surface area contributed by atoms with Crippen LogP contribution in [-0.2, 0) is 9.47 Å². The van der Waals surface area contributed by atoms with Crippen molar-refractivity contribution in [3.05, 3.63) is 65.9 Å². The van der Waals surface area contributed by atoms with Crippen LogP contribution in [0.4, 0.5) is 11.6 Å². The van der Waals surface area contributed by atoms with Crippen LogP contribution >= 0.6 is 0 Å². The highest BCUT2D eigenvalue weighted by molar-refractivity contribution is 5.93. The number of para-hydroxylation sites is 1. The molecular formula is C24H26N4O4. The Kier molecular flexibility index (Phi) is 6.63. The minimum atomic E-state index is -0.448. The molecular weight excluding hydrogens is 408 g/mol. The first-order chi connectivity index (χ1) is 15.6. The van der Waals surface area contributed by atoms with E-state index in [0.717, 1.165) is 35.6 Å². The number of hydrogen-bond donors (Lipinski definition) is 0. The van der Waals surface area contributed by atoms with E-state index in [4.69, 9.17) is 19.2 Å². The van der Waals surface area contributed by atoms with Gasteiger partial charge in [0.1, 0.15) is 11.3 Å². The fourth-order valence-electron chi connectivity index (χ4n) is 3.67. The molecule has 0 atom stereocenters. The third-order valence-electron chi connectivity index (χ3n) is 5.30. The van der Waals surface area contributed by atoms with Gasteiger partial charge in [-0.05, 0) is 36.8 Å². The van der Waals surface area contributed by atoms with E-state index in [1.807, 2.05) is 54.5 Å². The van der Waals surface area contributed by atoms with Gasteiger partial charge in [0.25, 0.3) is 0 Å². The first-order valence-electron chi connectivity index (χ1n) is 10.4. The van der Waals surface area contributed by atoms with Crippen LogP contribution in [0.3, 0.4) is 0 Å². The Bertz CT molecular complexity index is 1080. The van der Waals surface area contributed by atoms with Crippen LogP contribution in [0.2, 0.25) is 0 Å². The number of hydrogen-bond acceptors (Lipinski definition) is 8. The van der Waals surface area contributed by atoms with Gasteiger partial charge in [-0.3, -0.25) is 0 Å². The van der Waals surface area contributed by atoms with Crippen LogP contribution in [0.5, 0.6) is 5.75 Å². The summed E-state index contributed by atoms with van der Waals surface area (Å²) < 4.78 is 15.8. The monoisotopic (exact) mass is 434 g/mol. The number of carbonyl (C=O) groups is 1. The van der Waals surface area contributed by atoms with Crippen LogP contribution < -0.4 is 9.75 Å². The van der Waals surface area contributed by atoms with Gasteiger partial charge in [-0.2, -0.15) is 0 Å². The number of rotatable bonds is 6. The number of nitrogens with zero attached hydrogens (tertiary/aromatic N) is 4. The fourth-order valence-corrected chi connectivity index (χ4v) is 3.67. The SMILES string of the molecule is COC(=O)c1ccc(-c2nc(N(c3ccccc3)N3CCOCC3)ncc2C)cc1OC. The molecule has 2 aromatic carbocycles. The molecule has 0 amide bonds. The number of anilines is 2. The van der Waals surface area contributed by atoms with E-state index in [0.29, 0.717) is 30.5 Å². The minimum absolute atomic E-state index is 0.366.